The minimum absolute atomic E-state index is 0.232. The van der Waals surface area contributed by atoms with Crippen molar-refractivity contribution < 1.29 is 13.2 Å². The fourth-order valence-electron chi connectivity index (χ4n) is 3.83. The average molecular weight is 449 g/mol. The molecule has 0 unspecified atom stereocenters. The van der Waals surface area contributed by atoms with E-state index in [4.69, 9.17) is 4.74 Å². The van der Waals surface area contributed by atoms with Crippen LogP contribution >= 0.6 is 11.8 Å². The first-order valence-electron chi connectivity index (χ1n) is 10.5. The lowest BCUT2D eigenvalue weighted by molar-refractivity contribution is 0.177. The van der Waals surface area contributed by atoms with Crippen LogP contribution in [-0.2, 0) is 16.6 Å². The van der Waals surface area contributed by atoms with Crippen LogP contribution in [0.4, 0.5) is 0 Å². The SMILES string of the molecule is CCOc1ccc(C)cc1S(=O)(=O)NCC1CCN(Cc2ccccc2SC)CC1. The molecule has 7 heteroatoms. The number of likely N-dealkylation sites (tertiary alicyclic amines) is 1. The van der Waals surface area contributed by atoms with E-state index in [0.29, 0.717) is 24.8 Å². The van der Waals surface area contributed by atoms with Gasteiger partial charge in [0, 0.05) is 18.0 Å². The first kappa shape index (κ1) is 23.1. The van der Waals surface area contributed by atoms with E-state index in [0.717, 1.165) is 38.0 Å². The zero-order chi connectivity index (χ0) is 21.6. The Morgan fingerprint density at radius 2 is 1.90 bits per heavy atom. The molecular weight excluding hydrogens is 416 g/mol. The van der Waals surface area contributed by atoms with E-state index in [2.05, 4.69) is 40.1 Å². The molecule has 1 aliphatic heterocycles. The van der Waals surface area contributed by atoms with E-state index in [9.17, 15) is 8.42 Å². The summed E-state index contributed by atoms with van der Waals surface area (Å²) in [6, 6.07) is 13.8. The summed E-state index contributed by atoms with van der Waals surface area (Å²) >= 11 is 1.79. The van der Waals surface area contributed by atoms with Gasteiger partial charge in [0.25, 0.3) is 0 Å². The van der Waals surface area contributed by atoms with Crippen molar-refractivity contribution in [3.63, 3.8) is 0 Å². The van der Waals surface area contributed by atoms with Gasteiger partial charge in [-0.15, -0.1) is 11.8 Å². The molecule has 0 atom stereocenters. The maximum absolute atomic E-state index is 12.9. The number of rotatable bonds is 9. The largest absolute Gasteiger partial charge is 0.492 e. The summed E-state index contributed by atoms with van der Waals surface area (Å²) in [6.45, 7) is 7.58. The average Bonchev–Trinajstić information content (AvgIpc) is 2.75. The number of benzene rings is 2. The second-order valence-corrected chi connectivity index (χ2v) is 10.3. The van der Waals surface area contributed by atoms with Crippen LogP contribution in [0.3, 0.4) is 0 Å². The van der Waals surface area contributed by atoms with Gasteiger partial charge in [-0.05, 0) is 81.3 Å². The number of hydrogen-bond donors (Lipinski definition) is 1. The molecule has 0 aliphatic carbocycles. The van der Waals surface area contributed by atoms with Crippen molar-refractivity contribution in [2.24, 2.45) is 5.92 Å². The monoisotopic (exact) mass is 448 g/mol. The number of sulfonamides is 1. The van der Waals surface area contributed by atoms with Gasteiger partial charge < -0.3 is 4.74 Å². The maximum Gasteiger partial charge on any atom is 0.244 e. The molecule has 1 saturated heterocycles. The van der Waals surface area contributed by atoms with E-state index in [1.54, 1.807) is 23.9 Å². The Kier molecular flexibility index (Phi) is 8.22. The molecule has 1 heterocycles. The molecule has 0 aromatic heterocycles. The number of nitrogens with zero attached hydrogens (tertiary/aromatic N) is 1. The topological polar surface area (TPSA) is 58.6 Å². The van der Waals surface area contributed by atoms with Crippen molar-refractivity contribution in [3.8, 4) is 5.75 Å². The van der Waals surface area contributed by atoms with E-state index in [1.165, 1.54) is 10.5 Å². The molecule has 2 aromatic carbocycles. The lowest BCUT2D eigenvalue weighted by Crippen LogP contribution is -2.38. The number of aryl methyl sites for hydroxylation is 1. The fraction of sp³-hybridized carbons (Fsp3) is 0.478. The molecule has 164 valence electrons. The molecule has 0 amide bonds. The molecule has 2 aromatic rings. The van der Waals surface area contributed by atoms with E-state index < -0.39 is 10.0 Å². The molecule has 0 saturated carbocycles. The van der Waals surface area contributed by atoms with Crippen LogP contribution in [0.1, 0.15) is 30.9 Å². The molecule has 3 rings (SSSR count). The summed E-state index contributed by atoms with van der Waals surface area (Å²) in [5.41, 5.74) is 2.27. The van der Waals surface area contributed by atoms with Crippen LogP contribution in [0.15, 0.2) is 52.3 Å². The number of ether oxygens (including phenoxy) is 1. The Hall–Kier alpha value is -1.54. The Morgan fingerprint density at radius 3 is 2.60 bits per heavy atom. The first-order valence-corrected chi connectivity index (χ1v) is 13.2. The van der Waals surface area contributed by atoms with Crippen molar-refractivity contribution in [1.82, 2.24) is 9.62 Å². The van der Waals surface area contributed by atoms with Crippen LogP contribution in [0, 0.1) is 12.8 Å². The van der Waals surface area contributed by atoms with Gasteiger partial charge >= 0.3 is 0 Å². The summed E-state index contributed by atoms with van der Waals surface area (Å²) in [7, 11) is -3.60. The predicted molar refractivity (Wildman–Crippen MR) is 124 cm³/mol. The highest BCUT2D eigenvalue weighted by Crippen LogP contribution is 2.27. The smallest absolute Gasteiger partial charge is 0.244 e. The third-order valence-electron chi connectivity index (χ3n) is 5.54. The predicted octanol–water partition coefficient (Wildman–Crippen LogP) is 4.31. The summed E-state index contributed by atoms with van der Waals surface area (Å²) in [6.07, 6.45) is 4.11. The highest BCUT2D eigenvalue weighted by atomic mass is 32.2. The standard InChI is InChI=1S/C23H32N2O3S2/c1-4-28-21-10-9-18(2)15-23(21)30(26,27)24-16-19-11-13-25(14-12-19)17-20-7-5-6-8-22(20)29-3/h5-10,15,19,24H,4,11-14,16-17H2,1-3H3. The molecule has 0 bridgehead atoms. The van der Waals surface area contributed by atoms with E-state index >= 15 is 0 Å². The third kappa shape index (κ3) is 6.00. The van der Waals surface area contributed by atoms with Crippen LogP contribution in [-0.4, -0.2) is 45.8 Å². The highest BCUT2D eigenvalue weighted by molar-refractivity contribution is 7.98. The zero-order valence-electron chi connectivity index (χ0n) is 18.1. The van der Waals surface area contributed by atoms with Crippen LogP contribution in [0.2, 0.25) is 0 Å². The number of piperidine rings is 1. The quantitative estimate of drug-likeness (QED) is 0.580. The van der Waals surface area contributed by atoms with Crippen LogP contribution in [0.5, 0.6) is 5.75 Å². The molecule has 30 heavy (non-hydrogen) atoms. The maximum atomic E-state index is 12.9. The van der Waals surface area contributed by atoms with Gasteiger partial charge in [-0.3, -0.25) is 4.90 Å². The van der Waals surface area contributed by atoms with Crippen molar-refractivity contribution >= 4 is 21.8 Å². The number of thioether (sulfide) groups is 1. The first-order chi connectivity index (χ1) is 14.4. The van der Waals surface area contributed by atoms with Gasteiger partial charge in [0.1, 0.15) is 10.6 Å². The Morgan fingerprint density at radius 1 is 1.17 bits per heavy atom. The van der Waals surface area contributed by atoms with Crippen molar-refractivity contribution in [2.45, 2.75) is 43.0 Å². The zero-order valence-corrected chi connectivity index (χ0v) is 19.7. The fourth-order valence-corrected chi connectivity index (χ4v) is 5.78. The van der Waals surface area contributed by atoms with Crippen molar-refractivity contribution in [3.05, 3.63) is 53.6 Å². The molecule has 0 spiro atoms. The molecule has 1 N–H and O–H groups in total. The highest BCUT2D eigenvalue weighted by Gasteiger charge is 2.24. The minimum atomic E-state index is -3.60. The van der Waals surface area contributed by atoms with Gasteiger partial charge in [-0.1, -0.05) is 24.3 Å². The summed E-state index contributed by atoms with van der Waals surface area (Å²) < 4.78 is 34.1. The Labute approximate surface area is 185 Å². The van der Waals surface area contributed by atoms with E-state index in [1.807, 2.05) is 19.9 Å². The summed E-state index contributed by atoms with van der Waals surface area (Å²) in [4.78, 5) is 4.03. The van der Waals surface area contributed by atoms with Gasteiger partial charge in [-0.2, -0.15) is 0 Å². The summed E-state index contributed by atoms with van der Waals surface area (Å²) in [5.74, 6) is 0.769. The van der Waals surface area contributed by atoms with Crippen molar-refractivity contribution in [2.75, 3.05) is 32.5 Å². The summed E-state index contributed by atoms with van der Waals surface area (Å²) in [5, 5.41) is 0. The lowest BCUT2D eigenvalue weighted by Gasteiger charge is -2.32. The minimum Gasteiger partial charge on any atom is -0.492 e. The Bertz CT molecular complexity index is 939. The van der Waals surface area contributed by atoms with E-state index in [-0.39, 0.29) is 4.90 Å². The van der Waals surface area contributed by atoms with Gasteiger partial charge in [0.05, 0.1) is 6.61 Å². The molecule has 1 fully saturated rings. The van der Waals surface area contributed by atoms with Gasteiger partial charge in [0.2, 0.25) is 10.0 Å². The number of nitrogens with one attached hydrogen (secondary N) is 1. The Balaban J connectivity index is 1.55. The molecule has 1 aliphatic rings. The number of hydrogen-bond acceptors (Lipinski definition) is 5. The third-order valence-corrected chi connectivity index (χ3v) is 7.83. The van der Waals surface area contributed by atoms with Gasteiger partial charge in [0.15, 0.2) is 0 Å². The van der Waals surface area contributed by atoms with Crippen LogP contribution < -0.4 is 9.46 Å². The normalized spacial score (nSPS) is 16.0. The lowest BCUT2D eigenvalue weighted by atomic mass is 9.97. The second kappa shape index (κ2) is 10.7. The molecule has 0 radical (unpaired) electrons. The van der Waals surface area contributed by atoms with Crippen molar-refractivity contribution in [1.29, 1.82) is 0 Å². The van der Waals surface area contributed by atoms with Gasteiger partial charge in [-0.25, -0.2) is 13.1 Å². The molecule has 5 nitrogen and oxygen atoms in total. The molecular formula is C23H32N2O3S2. The second-order valence-electron chi connectivity index (χ2n) is 7.77. The van der Waals surface area contributed by atoms with Crippen LogP contribution in [0.25, 0.3) is 0 Å².